The largest absolute Gasteiger partial charge is 0.480 e. The normalized spacial score (nSPS) is 13.5. The average molecular weight is 396 g/mol. The molecule has 0 aliphatic heterocycles. The predicted octanol–water partition coefficient (Wildman–Crippen LogP) is 1.60. The van der Waals surface area contributed by atoms with Gasteiger partial charge in [0.2, 0.25) is 15.9 Å². The van der Waals surface area contributed by atoms with Crippen LogP contribution in [0.4, 0.5) is 13.2 Å². The van der Waals surface area contributed by atoms with Gasteiger partial charge < -0.3 is 10.4 Å². The summed E-state index contributed by atoms with van der Waals surface area (Å²) < 4.78 is 63.9. The fourth-order valence-electron chi connectivity index (χ4n) is 2.02. The fraction of sp³-hybridized carbons (Fsp3) is 0.467. The SMILES string of the molecule is CC(C)C[C@H](NC(=O)CNS(=O)(=O)c1cccc(C(F)(F)F)c1)C(=O)O. The number of carboxylic acids is 1. The minimum absolute atomic E-state index is 0.0294. The van der Waals surface area contributed by atoms with E-state index < -0.39 is 51.1 Å². The molecule has 146 valence electrons. The highest BCUT2D eigenvalue weighted by molar-refractivity contribution is 7.89. The molecule has 1 amide bonds. The summed E-state index contributed by atoms with van der Waals surface area (Å²) in [7, 11) is -4.38. The first kappa shape index (κ1) is 21.9. The lowest BCUT2D eigenvalue weighted by Gasteiger charge is -2.16. The van der Waals surface area contributed by atoms with Crippen molar-refractivity contribution in [2.75, 3.05) is 6.54 Å². The first-order chi connectivity index (χ1) is 11.8. The maximum absolute atomic E-state index is 12.7. The van der Waals surface area contributed by atoms with Gasteiger partial charge in [-0.2, -0.15) is 13.2 Å². The van der Waals surface area contributed by atoms with Crippen LogP contribution in [-0.4, -0.2) is 38.0 Å². The van der Waals surface area contributed by atoms with Gasteiger partial charge in [-0.1, -0.05) is 19.9 Å². The Kier molecular flexibility index (Phi) is 7.16. The Bertz CT molecular complexity index is 763. The molecule has 0 fully saturated rings. The Hall–Kier alpha value is -2.14. The van der Waals surface area contributed by atoms with Gasteiger partial charge in [0.05, 0.1) is 17.0 Å². The molecule has 1 atom stereocenters. The topological polar surface area (TPSA) is 113 Å². The number of hydrogen-bond acceptors (Lipinski definition) is 4. The molecule has 0 heterocycles. The number of alkyl halides is 3. The lowest BCUT2D eigenvalue weighted by molar-refractivity contribution is -0.142. The summed E-state index contributed by atoms with van der Waals surface area (Å²) in [4.78, 5) is 22.2. The summed E-state index contributed by atoms with van der Waals surface area (Å²) in [6.45, 7) is 2.69. The molecule has 0 unspecified atom stereocenters. The number of carbonyl (C=O) groups excluding carboxylic acids is 1. The number of amides is 1. The highest BCUT2D eigenvalue weighted by Crippen LogP contribution is 2.30. The molecule has 0 saturated heterocycles. The van der Waals surface area contributed by atoms with Gasteiger partial charge in [-0.05, 0) is 30.5 Å². The number of aliphatic carboxylic acids is 1. The maximum atomic E-state index is 12.7. The number of rotatable bonds is 8. The van der Waals surface area contributed by atoms with Crippen molar-refractivity contribution in [3.05, 3.63) is 29.8 Å². The number of hydrogen-bond donors (Lipinski definition) is 3. The molecule has 11 heteroatoms. The molecule has 0 radical (unpaired) electrons. The van der Waals surface area contributed by atoms with Crippen LogP contribution in [0.5, 0.6) is 0 Å². The van der Waals surface area contributed by atoms with Crippen LogP contribution < -0.4 is 10.0 Å². The standard InChI is InChI=1S/C15H19F3N2O5S/c1-9(2)6-12(14(22)23)20-13(21)8-19-26(24,25)11-5-3-4-10(7-11)15(16,17)18/h3-5,7,9,12,19H,6,8H2,1-2H3,(H,20,21)(H,22,23)/t12-/m0/s1. The average Bonchev–Trinajstić information content (AvgIpc) is 2.51. The molecule has 1 rings (SSSR count). The van der Waals surface area contributed by atoms with E-state index in [4.69, 9.17) is 5.11 Å². The van der Waals surface area contributed by atoms with E-state index in [-0.39, 0.29) is 12.3 Å². The van der Waals surface area contributed by atoms with E-state index in [2.05, 4.69) is 5.32 Å². The van der Waals surface area contributed by atoms with Gasteiger partial charge in [-0.15, -0.1) is 0 Å². The molecule has 0 spiro atoms. The van der Waals surface area contributed by atoms with E-state index in [1.54, 1.807) is 13.8 Å². The van der Waals surface area contributed by atoms with Crippen LogP contribution in [0.2, 0.25) is 0 Å². The molecule has 1 aromatic carbocycles. The summed E-state index contributed by atoms with van der Waals surface area (Å²) in [5.41, 5.74) is -1.15. The third kappa shape index (κ3) is 6.64. The van der Waals surface area contributed by atoms with E-state index >= 15 is 0 Å². The lowest BCUT2D eigenvalue weighted by Crippen LogP contribution is -2.46. The van der Waals surface area contributed by atoms with Crippen LogP contribution in [0.15, 0.2) is 29.2 Å². The number of sulfonamides is 1. The Balaban J connectivity index is 2.79. The summed E-state index contributed by atoms with van der Waals surface area (Å²) in [5.74, 6) is -2.21. The first-order valence-corrected chi connectivity index (χ1v) is 9.00. The van der Waals surface area contributed by atoms with E-state index in [9.17, 15) is 31.2 Å². The third-order valence-electron chi connectivity index (χ3n) is 3.23. The van der Waals surface area contributed by atoms with Gasteiger partial charge in [0, 0.05) is 0 Å². The van der Waals surface area contributed by atoms with Crippen LogP contribution in [0.1, 0.15) is 25.8 Å². The Labute approximate surface area is 148 Å². The molecular formula is C15H19F3N2O5S. The molecule has 0 saturated carbocycles. The van der Waals surface area contributed by atoms with Crippen molar-refractivity contribution in [3.8, 4) is 0 Å². The number of halogens is 3. The molecule has 0 aliphatic carbocycles. The van der Waals surface area contributed by atoms with Crippen LogP contribution >= 0.6 is 0 Å². The Morgan fingerprint density at radius 1 is 1.23 bits per heavy atom. The van der Waals surface area contributed by atoms with E-state index in [0.29, 0.717) is 6.07 Å². The Morgan fingerprint density at radius 2 is 1.85 bits per heavy atom. The predicted molar refractivity (Wildman–Crippen MR) is 85.7 cm³/mol. The summed E-state index contributed by atoms with van der Waals surface area (Å²) in [5, 5.41) is 11.2. The van der Waals surface area contributed by atoms with Crippen LogP contribution in [-0.2, 0) is 25.8 Å². The van der Waals surface area contributed by atoms with Crippen molar-refractivity contribution in [1.29, 1.82) is 0 Å². The van der Waals surface area contributed by atoms with Gasteiger partial charge in [0.25, 0.3) is 0 Å². The molecule has 1 aromatic rings. The van der Waals surface area contributed by atoms with E-state index in [1.807, 2.05) is 4.72 Å². The molecule has 0 aliphatic rings. The second-order valence-electron chi connectivity index (χ2n) is 5.94. The molecule has 0 bridgehead atoms. The van der Waals surface area contributed by atoms with Crippen molar-refractivity contribution in [1.82, 2.24) is 10.0 Å². The quantitative estimate of drug-likeness (QED) is 0.618. The number of benzene rings is 1. The summed E-state index contributed by atoms with van der Waals surface area (Å²) in [6, 6.07) is 1.85. The fourth-order valence-corrected chi connectivity index (χ4v) is 3.05. The third-order valence-corrected chi connectivity index (χ3v) is 4.63. The van der Waals surface area contributed by atoms with Crippen LogP contribution in [0.3, 0.4) is 0 Å². The van der Waals surface area contributed by atoms with Crippen molar-refractivity contribution >= 4 is 21.9 Å². The highest BCUT2D eigenvalue weighted by atomic mass is 32.2. The van der Waals surface area contributed by atoms with E-state index in [0.717, 1.165) is 18.2 Å². The van der Waals surface area contributed by atoms with Gasteiger partial charge in [0.1, 0.15) is 6.04 Å². The smallest absolute Gasteiger partial charge is 0.416 e. The van der Waals surface area contributed by atoms with Crippen molar-refractivity contribution < 1.29 is 36.3 Å². The zero-order valence-corrected chi connectivity index (χ0v) is 14.8. The maximum Gasteiger partial charge on any atom is 0.416 e. The molecular weight excluding hydrogens is 377 g/mol. The second kappa shape index (κ2) is 8.49. The van der Waals surface area contributed by atoms with Crippen LogP contribution in [0, 0.1) is 5.92 Å². The van der Waals surface area contributed by atoms with Gasteiger partial charge in [-0.25, -0.2) is 17.9 Å². The molecule has 7 nitrogen and oxygen atoms in total. The van der Waals surface area contributed by atoms with Gasteiger partial charge in [-0.3, -0.25) is 4.79 Å². The molecule has 3 N–H and O–H groups in total. The van der Waals surface area contributed by atoms with Crippen molar-refractivity contribution in [2.45, 2.75) is 37.4 Å². The second-order valence-corrected chi connectivity index (χ2v) is 7.70. The number of carboxylic acid groups (broad SMARTS) is 1. The van der Waals surface area contributed by atoms with Crippen LogP contribution in [0.25, 0.3) is 0 Å². The summed E-state index contributed by atoms with van der Waals surface area (Å²) >= 11 is 0. The van der Waals surface area contributed by atoms with Crippen molar-refractivity contribution in [3.63, 3.8) is 0 Å². The minimum atomic E-state index is -4.71. The zero-order chi connectivity index (χ0) is 20.1. The lowest BCUT2D eigenvalue weighted by atomic mass is 10.0. The Morgan fingerprint density at radius 3 is 2.35 bits per heavy atom. The van der Waals surface area contributed by atoms with Gasteiger partial charge >= 0.3 is 12.1 Å². The van der Waals surface area contributed by atoms with E-state index in [1.165, 1.54) is 0 Å². The number of carbonyl (C=O) groups is 2. The molecule has 26 heavy (non-hydrogen) atoms. The molecule has 0 aromatic heterocycles. The summed E-state index contributed by atoms with van der Waals surface area (Å²) in [6.07, 6.45) is -4.57. The monoisotopic (exact) mass is 396 g/mol. The zero-order valence-electron chi connectivity index (χ0n) is 14.0. The highest BCUT2D eigenvalue weighted by Gasteiger charge is 2.31. The first-order valence-electron chi connectivity index (χ1n) is 7.52. The van der Waals surface area contributed by atoms with Gasteiger partial charge in [0.15, 0.2) is 0 Å². The minimum Gasteiger partial charge on any atom is -0.480 e. The number of nitrogens with one attached hydrogen (secondary N) is 2. The van der Waals surface area contributed by atoms with Crippen molar-refractivity contribution in [2.24, 2.45) is 5.92 Å².